The van der Waals surface area contributed by atoms with Gasteiger partial charge >= 0.3 is 0 Å². The first kappa shape index (κ1) is 20.4. The number of alkyl halides is 2. The Hall–Kier alpha value is -3.31. The molecule has 148 valence electrons. The first-order chi connectivity index (χ1) is 13.8. The maximum atomic E-state index is 12.9. The van der Waals surface area contributed by atoms with E-state index in [1.54, 1.807) is 12.1 Å². The van der Waals surface area contributed by atoms with E-state index < -0.39 is 16.3 Å². The van der Waals surface area contributed by atoms with Crippen LogP contribution in [0, 0.1) is 11.3 Å². The number of rotatable bonds is 5. The minimum atomic E-state index is -3.36. The van der Waals surface area contributed by atoms with Crippen LogP contribution < -0.4 is 4.74 Å². The standard InChI is InChI=1S/C21H16F2N2O3S/c1-28-21-17(11-24)19(14-3-5-15(6-4-14)20(22)23)18(12-25-21)13-7-9-16(10-8-13)29(2,26)27/h3-10,12,20H,1-2H3. The van der Waals surface area contributed by atoms with Crippen molar-refractivity contribution in [2.75, 3.05) is 13.4 Å². The van der Waals surface area contributed by atoms with Gasteiger partial charge in [0.05, 0.1) is 12.0 Å². The first-order valence-corrected chi connectivity index (χ1v) is 10.3. The molecule has 0 N–H and O–H groups in total. The molecule has 8 heteroatoms. The van der Waals surface area contributed by atoms with Crippen molar-refractivity contribution in [2.45, 2.75) is 11.3 Å². The topological polar surface area (TPSA) is 80.0 Å². The van der Waals surface area contributed by atoms with Gasteiger partial charge in [-0.2, -0.15) is 5.26 Å². The molecular weight excluding hydrogens is 398 g/mol. The lowest BCUT2D eigenvalue weighted by molar-refractivity contribution is 0.151. The molecule has 0 aliphatic heterocycles. The zero-order valence-corrected chi connectivity index (χ0v) is 16.4. The maximum Gasteiger partial charge on any atom is 0.263 e. The van der Waals surface area contributed by atoms with Crippen LogP contribution >= 0.6 is 0 Å². The molecule has 0 saturated carbocycles. The fraction of sp³-hybridized carbons (Fsp3) is 0.143. The lowest BCUT2D eigenvalue weighted by Crippen LogP contribution is -1.99. The van der Waals surface area contributed by atoms with Gasteiger partial charge in [0.2, 0.25) is 5.88 Å². The number of hydrogen-bond donors (Lipinski definition) is 0. The molecule has 3 aromatic rings. The van der Waals surface area contributed by atoms with Gasteiger partial charge in [-0.05, 0) is 23.3 Å². The van der Waals surface area contributed by atoms with Gasteiger partial charge in [-0.3, -0.25) is 0 Å². The predicted octanol–water partition coefficient (Wildman–Crippen LogP) is 4.64. The van der Waals surface area contributed by atoms with Gasteiger partial charge in [-0.1, -0.05) is 36.4 Å². The summed E-state index contributed by atoms with van der Waals surface area (Å²) in [7, 11) is -1.98. The molecule has 0 atom stereocenters. The highest BCUT2D eigenvalue weighted by Gasteiger charge is 2.19. The van der Waals surface area contributed by atoms with Gasteiger partial charge in [0.15, 0.2) is 9.84 Å². The van der Waals surface area contributed by atoms with Crippen LogP contribution in [0.5, 0.6) is 5.88 Å². The van der Waals surface area contributed by atoms with Crippen molar-refractivity contribution < 1.29 is 21.9 Å². The molecule has 1 aromatic heterocycles. The molecule has 0 bridgehead atoms. The summed E-state index contributed by atoms with van der Waals surface area (Å²) in [5.41, 5.74) is 2.19. The third kappa shape index (κ3) is 4.10. The van der Waals surface area contributed by atoms with E-state index >= 15 is 0 Å². The zero-order valence-electron chi connectivity index (χ0n) is 15.6. The zero-order chi connectivity index (χ0) is 21.2. The molecule has 5 nitrogen and oxygen atoms in total. The summed E-state index contributed by atoms with van der Waals surface area (Å²) in [5.74, 6) is 0.108. The van der Waals surface area contributed by atoms with Gasteiger partial charge in [-0.25, -0.2) is 22.2 Å². The van der Waals surface area contributed by atoms with E-state index in [-0.39, 0.29) is 21.9 Å². The van der Waals surface area contributed by atoms with E-state index in [4.69, 9.17) is 4.74 Å². The Bertz CT molecular complexity index is 1180. The van der Waals surface area contributed by atoms with E-state index in [1.165, 1.54) is 49.7 Å². The normalized spacial score (nSPS) is 11.3. The predicted molar refractivity (Wildman–Crippen MR) is 104 cm³/mol. The quantitative estimate of drug-likeness (QED) is 0.608. The van der Waals surface area contributed by atoms with Crippen molar-refractivity contribution in [3.8, 4) is 34.2 Å². The van der Waals surface area contributed by atoms with Crippen LogP contribution in [0.2, 0.25) is 0 Å². The van der Waals surface area contributed by atoms with Crippen molar-refractivity contribution >= 4 is 9.84 Å². The monoisotopic (exact) mass is 414 g/mol. The second-order valence-electron chi connectivity index (χ2n) is 6.26. The number of sulfone groups is 1. The van der Waals surface area contributed by atoms with Crippen molar-refractivity contribution in [1.29, 1.82) is 5.26 Å². The van der Waals surface area contributed by atoms with Crippen molar-refractivity contribution in [2.24, 2.45) is 0 Å². The lowest BCUT2D eigenvalue weighted by Gasteiger charge is -2.15. The van der Waals surface area contributed by atoms with Crippen molar-refractivity contribution in [1.82, 2.24) is 4.98 Å². The average molecular weight is 414 g/mol. The molecule has 0 radical (unpaired) electrons. The number of benzene rings is 2. The third-order valence-corrected chi connectivity index (χ3v) is 5.52. The molecule has 3 rings (SSSR count). The Labute approximate surface area is 167 Å². The van der Waals surface area contributed by atoms with Gasteiger partial charge in [0.1, 0.15) is 11.6 Å². The number of ether oxygens (including phenoxy) is 1. The van der Waals surface area contributed by atoms with Crippen LogP contribution in [0.15, 0.2) is 59.6 Å². The van der Waals surface area contributed by atoms with Gasteiger partial charge in [0.25, 0.3) is 6.43 Å². The fourth-order valence-electron chi connectivity index (χ4n) is 2.95. The lowest BCUT2D eigenvalue weighted by atomic mass is 9.92. The van der Waals surface area contributed by atoms with Crippen LogP contribution in [-0.2, 0) is 9.84 Å². The van der Waals surface area contributed by atoms with Crippen molar-refractivity contribution in [3.05, 3.63) is 65.9 Å². The van der Waals surface area contributed by atoms with E-state index in [0.717, 1.165) is 6.26 Å². The minimum absolute atomic E-state index is 0.108. The molecule has 0 amide bonds. The number of aromatic nitrogens is 1. The smallest absolute Gasteiger partial charge is 0.263 e. The number of pyridine rings is 1. The molecular formula is C21H16F2N2O3S. The molecule has 2 aromatic carbocycles. The van der Waals surface area contributed by atoms with E-state index in [1.807, 2.05) is 0 Å². The summed E-state index contributed by atoms with van der Waals surface area (Å²) >= 11 is 0. The minimum Gasteiger partial charge on any atom is -0.480 e. The number of nitrogens with zero attached hydrogens (tertiary/aromatic N) is 2. The van der Waals surface area contributed by atoms with Crippen LogP contribution in [0.4, 0.5) is 8.78 Å². The summed E-state index contributed by atoms with van der Waals surface area (Å²) in [6, 6.07) is 13.8. The Morgan fingerprint density at radius 2 is 1.62 bits per heavy atom. The Morgan fingerprint density at radius 3 is 2.10 bits per heavy atom. The van der Waals surface area contributed by atoms with Gasteiger partial charge in [0, 0.05) is 29.1 Å². The Balaban J connectivity index is 2.24. The van der Waals surface area contributed by atoms with E-state index in [0.29, 0.717) is 22.3 Å². The van der Waals surface area contributed by atoms with E-state index in [2.05, 4.69) is 11.1 Å². The molecule has 0 fully saturated rings. The third-order valence-electron chi connectivity index (χ3n) is 4.39. The molecule has 0 aliphatic rings. The van der Waals surface area contributed by atoms with E-state index in [9.17, 15) is 22.5 Å². The highest BCUT2D eigenvalue weighted by atomic mass is 32.2. The Kier molecular flexibility index (Phi) is 5.62. The first-order valence-electron chi connectivity index (χ1n) is 8.42. The molecule has 0 saturated heterocycles. The largest absolute Gasteiger partial charge is 0.480 e. The van der Waals surface area contributed by atoms with Crippen LogP contribution in [0.1, 0.15) is 17.6 Å². The van der Waals surface area contributed by atoms with Crippen molar-refractivity contribution in [3.63, 3.8) is 0 Å². The number of nitriles is 1. The second-order valence-corrected chi connectivity index (χ2v) is 8.28. The molecule has 0 aliphatic carbocycles. The van der Waals surface area contributed by atoms with Gasteiger partial charge in [-0.15, -0.1) is 0 Å². The summed E-state index contributed by atoms with van der Waals surface area (Å²) in [6.07, 6.45) is 0.0149. The highest BCUT2D eigenvalue weighted by Crippen LogP contribution is 2.38. The van der Waals surface area contributed by atoms with Crippen LogP contribution in [0.25, 0.3) is 22.3 Å². The molecule has 0 unspecified atom stereocenters. The maximum absolute atomic E-state index is 12.9. The second kappa shape index (κ2) is 7.97. The molecule has 1 heterocycles. The summed E-state index contributed by atoms with van der Waals surface area (Å²) in [6.45, 7) is 0. The summed E-state index contributed by atoms with van der Waals surface area (Å²) in [5, 5.41) is 9.69. The van der Waals surface area contributed by atoms with Gasteiger partial charge < -0.3 is 4.74 Å². The SMILES string of the molecule is COc1ncc(-c2ccc(S(C)(=O)=O)cc2)c(-c2ccc(C(F)F)cc2)c1C#N. The number of hydrogen-bond acceptors (Lipinski definition) is 5. The fourth-order valence-corrected chi connectivity index (χ4v) is 3.58. The summed E-state index contributed by atoms with van der Waals surface area (Å²) < 4.78 is 54.4. The number of halogens is 2. The summed E-state index contributed by atoms with van der Waals surface area (Å²) in [4.78, 5) is 4.32. The molecule has 29 heavy (non-hydrogen) atoms. The number of methoxy groups -OCH3 is 1. The average Bonchev–Trinajstić information content (AvgIpc) is 2.72. The van der Waals surface area contributed by atoms with Crippen LogP contribution in [-0.4, -0.2) is 26.8 Å². The Morgan fingerprint density at radius 1 is 1.03 bits per heavy atom. The van der Waals surface area contributed by atoms with Crippen LogP contribution in [0.3, 0.4) is 0 Å². The molecule has 0 spiro atoms. The highest BCUT2D eigenvalue weighted by molar-refractivity contribution is 7.90.